The number of carbonyl (C=O) groups is 1. The summed E-state index contributed by atoms with van der Waals surface area (Å²) in [4.78, 5) is 14.9. The molecule has 20 heavy (non-hydrogen) atoms. The first-order chi connectivity index (χ1) is 9.54. The highest BCUT2D eigenvalue weighted by atomic mass is 79.9. The summed E-state index contributed by atoms with van der Waals surface area (Å²) in [6.45, 7) is 2.34. The zero-order valence-corrected chi connectivity index (χ0v) is 13.1. The quantitative estimate of drug-likeness (QED) is 0.828. The second-order valence-corrected chi connectivity index (χ2v) is 5.82. The Labute approximate surface area is 128 Å². The van der Waals surface area contributed by atoms with E-state index in [1.165, 1.54) is 6.08 Å². The Kier molecular flexibility index (Phi) is 4.92. The number of nitrogens with zero attached hydrogens (tertiary/aromatic N) is 1. The van der Waals surface area contributed by atoms with Crippen molar-refractivity contribution >= 4 is 39.3 Å². The summed E-state index contributed by atoms with van der Waals surface area (Å²) in [5.41, 5.74) is 1.73. The highest BCUT2D eigenvalue weighted by molar-refractivity contribution is 9.10. The molecule has 0 unspecified atom stereocenters. The van der Waals surface area contributed by atoms with Crippen molar-refractivity contribution in [3.8, 4) is 5.75 Å². The minimum Gasteiger partial charge on any atom is -0.486 e. The van der Waals surface area contributed by atoms with E-state index in [1.54, 1.807) is 17.4 Å². The van der Waals surface area contributed by atoms with Crippen molar-refractivity contribution in [2.45, 2.75) is 13.5 Å². The molecule has 0 spiro atoms. The molecule has 0 amide bonds. The van der Waals surface area contributed by atoms with Gasteiger partial charge in [0.05, 0.1) is 0 Å². The van der Waals surface area contributed by atoms with Crippen LogP contribution in [-0.4, -0.2) is 16.1 Å². The van der Waals surface area contributed by atoms with Gasteiger partial charge in [-0.3, -0.25) is 0 Å². The van der Waals surface area contributed by atoms with Gasteiger partial charge in [-0.2, -0.15) is 0 Å². The van der Waals surface area contributed by atoms with Crippen LogP contribution < -0.4 is 4.74 Å². The van der Waals surface area contributed by atoms with Crippen LogP contribution in [0.4, 0.5) is 0 Å². The summed E-state index contributed by atoms with van der Waals surface area (Å²) in [6.07, 6.45) is 2.61. The SMILES string of the molecule is Cc1csc(COc2ccc(Br)c(/C=C/C(=O)O)c2)n1. The molecule has 0 radical (unpaired) electrons. The van der Waals surface area contributed by atoms with Gasteiger partial charge in [-0.05, 0) is 36.8 Å². The molecule has 0 saturated carbocycles. The summed E-state index contributed by atoms with van der Waals surface area (Å²) in [6, 6.07) is 5.43. The zero-order chi connectivity index (χ0) is 14.5. The Morgan fingerprint density at radius 1 is 1.55 bits per heavy atom. The average molecular weight is 354 g/mol. The lowest BCUT2D eigenvalue weighted by Crippen LogP contribution is -1.95. The number of halogens is 1. The molecule has 2 aromatic rings. The molecule has 2 rings (SSSR count). The van der Waals surface area contributed by atoms with Crippen LogP contribution >= 0.6 is 27.3 Å². The van der Waals surface area contributed by atoms with E-state index in [0.29, 0.717) is 12.4 Å². The second kappa shape index (κ2) is 6.67. The van der Waals surface area contributed by atoms with Crippen LogP contribution in [0.15, 0.2) is 34.1 Å². The van der Waals surface area contributed by atoms with Gasteiger partial charge in [-0.1, -0.05) is 15.9 Å². The molecule has 1 heterocycles. The van der Waals surface area contributed by atoms with Crippen LogP contribution in [0.5, 0.6) is 5.75 Å². The molecule has 0 fully saturated rings. The number of aliphatic carboxylic acids is 1. The minimum absolute atomic E-state index is 0.405. The minimum atomic E-state index is -0.985. The first kappa shape index (κ1) is 14.7. The second-order valence-electron chi connectivity index (χ2n) is 4.03. The molecule has 0 aliphatic heterocycles. The van der Waals surface area contributed by atoms with Gasteiger partial charge in [-0.15, -0.1) is 11.3 Å². The molecule has 0 aliphatic rings. The van der Waals surface area contributed by atoms with Crippen molar-refractivity contribution in [1.82, 2.24) is 4.98 Å². The fraction of sp³-hybridized carbons (Fsp3) is 0.143. The molecular formula is C14H12BrNO3S. The topological polar surface area (TPSA) is 59.4 Å². The molecule has 1 aromatic heterocycles. The van der Waals surface area contributed by atoms with E-state index in [2.05, 4.69) is 20.9 Å². The number of carboxylic acids is 1. The molecule has 6 heteroatoms. The van der Waals surface area contributed by atoms with E-state index in [9.17, 15) is 4.79 Å². The van der Waals surface area contributed by atoms with Crippen molar-refractivity contribution in [2.75, 3.05) is 0 Å². The molecule has 4 nitrogen and oxygen atoms in total. The lowest BCUT2D eigenvalue weighted by atomic mass is 10.2. The van der Waals surface area contributed by atoms with Gasteiger partial charge in [0, 0.05) is 21.6 Å². The van der Waals surface area contributed by atoms with Gasteiger partial charge in [0.15, 0.2) is 0 Å². The van der Waals surface area contributed by atoms with Crippen LogP contribution in [-0.2, 0) is 11.4 Å². The summed E-state index contributed by atoms with van der Waals surface area (Å²) in [5.74, 6) is -0.312. The number of carboxylic acid groups (broad SMARTS) is 1. The first-order valence-corrected chi connectivity index (χ1v) is 7.46. The number of hydrogen-bond acceptors (Lipinski definition) is 4. The monoisotopic (exact) mass is 353 g/mol. The average Bonchev–Trinajstić information content (AvgIpc) is 2.82. The third kappa shape index (κ3) is 4.18. The van der Waals surface area contributed by atoms with Crippen molar-refractivity contribution in [1.29, 1.82) is 0 Å². The van der Waals surface area contributed by atoms with Gasteiger partial charge >= 0.3 is 5.97 Å². The summed E-state index contributed by atoms with van der Waals surface area (Å²) in [7, 11) is 0. The normalized spacial score (nSPS) is 10.9. The summed E-state index contributed by atoms with van der Waals surface area (Å²) < 4.78 is 6.47. The predicted molar refractivity (Wildman–Crippen MR) is 82.0 cm³/mol. The van der Waals surface area contributed by atoms with Gasteiger partial charge in [0.2, 0.25) is 0 Å². The Bertz CT molecular complexity index is 652. The fourth-order valence-electron chi connectivity index (χ4n) is 1.51. The molecule has 0 bridgehead atoms. The van der Waals surface area contributed by atoms with Crippen LogP contribution in [0.25, 0.3) is 6.08 Å². The third-order valence-corrected chi connectivity index (χ3v) is 4.06. The van der Waals surface area contributed by atoms with Crippen molar-refractivity contribution < 1.29 is 14.6 Å². The smallest absolute Gasteiger partial charge is 0.328 e. The number of hydrogen-bond donors (Lipinski definition) is 1. The Hall–Kier alpha value is -1.66. The molecule has 1 aromatic carbocycles. The number of aromatic nitrogens is 1. The number of aryl methyl sites for hydroxylation is 1. The lowest BCUT2D eigenvalue weighted by molar-refractivity contribution is -0.131. The van der Waals surface area contributed by atoms with Crippen molar-refractivity contribution in [2.24, 2.45) is 0 Å². The third-order valence-electron chi connectivity index (χ3n) is 2.40. The predicted octanol–water partition coefficient (Wildman–Crippen LogP) is 3.89. The fourth-order valence-corrected chi connectivity index (χ4v) is 2.58. The number of ether oxygens (including phenoxy) is 1. The van der Waals surface area contributed by atoms with Crippen LogP contribution in [0.2, 0.25) is 0 Å². The van der Waals surface area contributed by atoms with E-state index >= 15 is 0 Å². The molecule has 1 N–H and O–H groups in total. The number of rotatable bonds is 5. The summed E-state index contributed by atoms with van der Waals surface area (Å²) >= 11 is 4.92. The van der Waals surface area contributed by atoms with E-state index in [-0.39, 0.29) is 0 Å². The number of thiazole rings is 1. The first-order valence-electron chi connectivity index (χ1n) is 5.79. The van der Waals surface area contributed by atoms with Crippen molar-refractivity contribution in [3.05, 3.63) is 50.4 Å². The zero-order valence-electron chi connectivity index (χ0n) is 10.7. The molecule has 104 valence electrons. The largest absolute Gasteiger partial charge is 0.486 e. The van der Waals surface area contributed by atoms with Crippen LogP contribution in [0, 0.1) is 6.92 Å². The maximum atomic E-state index is 10.5. The van der Waals surface area contributed by atoms with E-state index in [4.69, 9.17) is 9.84 Å². The Balaban J connectivity index is 2.08. The van der Waals surface area contributed by atoms with E-state index in [0.717, 1.165) is 26.8 Å². The number of benzene rings is 1. The maximum absolute atomic E-state index is 10.5. The molecular weight excluding hydrogens is 342 g/mol. The highest BCUT2D eigenvalue weighted by Crippen LogP contribution is 2.24. The van der Waals surface area contributed by atoms with E-state index < -0.39 is 5.97 Å². The molecule has 0 aliphatic carbocycles. The van der Waals surface area contributed by atoms with Crippen LogP contribution in [0.3, 0.4) is 0 Å². The molecule has 0 saturated heterocycles. The van der Waals surface area contributed by atoms with Gasteiger partial charge in [-0.25, -0.2) is 9.78 Å². The van der Waals surface area contributed by atoms with Gasteiger partial charge < -0.3 is 9.84 Å². The Morgan fingerprint density at radius 2 is 2.35 bits per heavy atom. The Morgan fingerprint density at radius 3 is 3.00 bits per heavy atom. The van der Waals surface area contributed by atoms with Crippen molar-refractivity contribution in [3.63, 3.8) is 0 Å². The van der Waals surface area contributed by atoms with Crippen LogP contribution in [0.1, 0.15) is 16.3 Å². The van der Waals surface area contributed by atoms with Gasteiger partial charge in [0.1, 0.15) is 17.4 Å². The molecule has 0 atom stereocenters. The maximum Gasteiger partial charge on any atom is 0.328 e. The van der Waals surface area contributed by atoms with E-state index in [1.807, 2.05) is 24.4 Å². The summed E-state index contributed by atoms with van der Waals surface area (Å²) in [5, 5.41) is 11.5. The highest BCUT2D eigenvalue weighted by Gasteiger charge is 2.03. The standard InChI is InChI=1S/C14H12BrNO3S/c1-9-8-20-13(16-9)7-19-11-3-4-12(15)10(6-11)2-5-14(17)18/h2-6,8H,7H2,1H3,(H,17,18)/b5-2+. The van der Waals surface area contributed by atoms with Gasteiger partial charge in [0.25, 0.3) is 0 Å². The lowest BCUT2D eigenvalue weighted by Gasteiger charge is -2.06.